The van der Waals surface area contributed by atoms with E-state index in [-0.39, 0.29) is 11.1 Å². The molecule has 9 heteroatoms. The van der Waals surface area contributed by atoms with Crippen LogP contribution in [0.1, 0.15) is 45.7 Å². The van der Waals surface area contributed by atoms with Gasteiger partial charge in [-0.15, -0.1) is 0 Å². The van der Waals surface area contributed by atoms with E-state index in [1.807, 2.05) is 19.2 Å². The molecule has 0 unspecified atom stereocenters. The number of carbonyl (C=O) groups is 1. The Bertz CT molecular complexity index is 1530. The molecule has 3 heterocycles. The van der Waals surface area contributed by atoms with Crippen molar-refractivity contribution in [3.8, 4) is 0 Å². The second-order valence-corrected chi connectivity index (χ2v) is 9.18. The van der Waals surface area contributed by atoms with E-state index >= 15 is 0 Å². The van der Waals surface area contributed by atoms with Crippen molar-refractivity contribution >= 4 is 22.6 Å². The zero-order chi connectivity index (χ0) is 24.1. The number of nitrogens with one attached hydrogen (secondary N) is 1. The van der Waals surface area contributed by atoms with Gasteiger partial charge < -0.3 is 9.80 Å². The maximum absolute atomic E-state index is 14.8. The van der Waals surface area contributed by atoms with E-state index in [9.17, 15) is 14.0 Å². The van der Waals surface area contributed by atoms with Crippen molar-refractivity contribution in [3.63, 3.8) is 0 Å². The van der Waals surface area contributed by atoms with Gasteiger partial charge in [0.15, 0.2) is 0 Å². The highest BCUT2D eigenvalue weighted by Crippen LogP contribution is 2.30. The fourth-order valence-corrected chi connectivity index (χ4v) is 4.60. The van der Waals surface area contributed by atoms with E-state index in [1.54, 1.807) is 35.4 Å². The lowest BCUT2D eigenvalue weighted by Crippen LogP contribution is -2.26. The Morgan fingerprint density at radius 1 is 1.17 bits per heavy atom. The van der Waals surface area contributed by atoms with Crippen LogP contribution in [0, 0.1) is 5.82 Å². The summed E-state index contributed by atoms with van der Waals surface area (Å²) in [5.41, 5.74) is 2.81. The zero-order valence-electron chi connectivity index (χ0n) is 19.2. The van der Waals surface area contributed by atoms with E-state index in [0.717, 1.165) is 35.0 Å². The fourth-order valence-electron chi connectivity index (χ4n) is 4.60. The second kappa shape index (κ2) is 8.26. The third-order valence-electron chi connectivity index (χ3n) is 6.75. The molecule has 2 aliphatic rings. The first-order chi connectivity index (χ1) is 17.0. The maximum Gasteiger partial charge on any atom is 0.272 e. The predicted octanol–water partition coefficient (Wildman–Crippen LogP) is 3.20. The topological polar surface area (TPSA) is 95.1 Å². The van der Waals surface area contributed by atoms with Crippen molar-refractivity contribution in [2.75, 3.05) is 11.9 Å². The second-order valence-electron chi connectivity index (χ2n) is 9.18. The smallest absolute Gasteiger partial charge is 0.272 e. The molecule has 1 saturated carbocycles. The van der Waals surface area contributed by atoms with Gasteiger partial charge in [0, 0.05) is 43.2 Å². The lowest BCUT2D eigenvalue weighted by Gasteiger charge is -2.17. The van der Waals surface area contributed by atoms with Gasteiger partial charge in [-0.05, 0) is 36.6 Å². The summed E-state index contributed by atoms with van der Waals surface area (Å²) in [6.07, 6.45) is 4.40. The number of hydrogen-bond donors (Lipinski definition) is 1. The number of carbonyl (C=O) groups excluding carboxylic acids is 1. The van der Waals surface area contributed by atoms with Crippen LogP contribution in [-0.2, 0) is 19.5 Å². The molecule has 0 atom stereocenters. The van der Waals surface area contributed by atoms with Crippen LogP contribution in [0.5, 0.6) is 0 Å². The molecule has 2 aromatic carbocycles. The Hall–Kier alpha value is -4.14. The molecular formula is C26H23FN6O2. The number of fused-ring (bicyclic) bond motifs is 2. The van der Waals surface area contributed by atoms with Crippen LogP contribution in [-0.4, -0.2) is 44.1 Å². The van der Waals surface area contributed by atoms with Gasteiger partial charge in [0.1, 0.15) is 5.82 Å². The average Bonchev–Trinajstić information content (AvgIpc) is 3.64. The Labute approximate surface area is 200 Å². The third kappa shape index (κ3) is 3.92. The van der Waals surface area contributed by atoms with Crippen molar-refractivity contribution in [3.05, 3.63) is 92.9 Å². The third-order valence-corrected chi connectivity index (χ3v) is 6.75. The van der Waals surface area contributed by atoms with Crippen molar-refractivity contribution in [1.29, 1.82) is 0 Å². The lowest BCUT2D eigenvalue weighted by atomic mass is 10.0. The van der Waals surface area contributed by atoms with E-state index < -0.39 is 11.7 Å². The van der Waals surface area contributed by atoms with E-state index in [1.165, 1.54) is 6.07 Å². The molecule has 1 fully saturated rings. The Morgan fingerprint density at radius 2 is 1.97 bits per heavy atom. The summed E-state index contributed by atoms with van der Waals surface area (Å²) in [4.78, 5) is 38.2. The molecular weight excluding hydrogens is 447 g/mol. The van der Waals surface area contributed by atoms with Gasteiger partial charge in [-0.3, -0.25) is 9.59 Å². The Kier molecular flexibility index (Phi) is 5.05. The molecule has 176 valence electrons. The standard InChI is InChI=1S/C26H23FN6O2/c1-32(17-7-8-17)26-28-12-16-13-33(14-23(16)29-26)25(35)20-10-15(6-9-21(20)27)11-22-18-4-2-3-5-19(18)24(34)31-30-22/h2-6,9-10,12,17H,7-8,11,13-14H2,1H3,(H,31,34). The number of anilines is 1. The Balaban J connectivity index is 1.25. The van der Waals surface area contributed by atoms with Crippen LogP contribution >= 0.6 is 0 Å². The molecule has 4 aromatic rings. The van der Waals surface area contributed by atoms with Crippen molar-refractivity contribution in [2.24, 2.45) is 0 Å². The summed E-state index contributed by atoms with van der Waals surface area (Å²) in [6, 6.07) is 12.2. The normalized spacial score (nSPS) is 14.9. The van der Waals surface area contributed by atoms with E-state index in [4.69, 9.17) is 0 Å². The molecule has 0 saturated heterocycles. The molecule has 0 spiro atoms. The molecule has 6 rings (SSSR count). The van der Waals surface area contributed by atoms with Crippen LogP contribution in [0.4, 0.5) is 10.3 Å². The first-order valence-electron chi connectivity index (χ1n) is 11.6. The van der Waals surface area contributed by atoms with Crippen LogP contribution in [0.2, 0.25) is 0 Å². The number of amides is 1. The van der Waals surface area contributed by atoms with E-state index in [0.29, 0.717) is 42.6 Å². The molecule has 0 bridgehead atoms. The fraction of sp³-hybridized carbons (Fsp3) is 0.269. The van der Waals surface area contributed by atoms with E-state index in [2.05, 4.69) is 25.1 Å². The van der Waals surface area contributed by atoms with Crippen molar-refractivity contribution < 1.29 is 9.18 Å². The average molecular weight is 471 g/mol. The lowest BCUT2D eigenvalue weighted by molar-refractivity contribution is 0.0745. The molecule has 35 heavy (non-hydrogen) atoms. The molecule has 2 aromatic heterocycles. The maximum atomic E-state index is 14.8. The van der Waals surface area contributed by atoms with Gasteiger partial charge in [-0.2, -0.15) is 5.10 Å². The highest BCUT2D eigenvalue weighted by atomic mass is 19.1. The van der Waals surface area contributed by atoms with Crippen LogP contribution in [0.15, 0.2) is 53.5 Å². The van der Waals surface area contributed by atoms with Gasteiger partial charge in [-0.1, -0.05) is 24.3 Å². The van der Waals surface area contributed by atoms with Crippen LogP contribution in [0.3, 0.4) is 0 Å². The number of H-pyrrole nitrogens is 1. The summed E-state index contributed by atoms with van der Waals surface area (Å²) >= 11 is 0. The summed E-state index contributed by atoms with van der Waals surface area (Å²) in [5.74, 6) is -0.303. The van der Waals surface area contributed by atoms with Gasteiger partial charge >= 0.3 is 0 Å². The van der Waals surface area contributed by atoms with Crippen molar-refractivity contribution in [2.45, 2.75) is 38.4 Å². The SMILES string of the molecule is CN(c1ncc2c(n1)CN(C(=O)c1cc(Cc3n[nH]c(=O)c4ccccc34)ccc1F)C2)C1CC1. The molecule has 1 aliphatic carbocycles. The number of hydrogen-bond acceptors (Lipinski definition) is 6. The number of aromatic nitrogens is 4. The van der Waals surface area contributed by atoms with Gasteiger partial charge in [0.05, 0.1) is 28.9 Å². The van der Waals surface area contributed by atoms with Gasteiger partial charge in [0.25, 0.3) is 11.5 Å². The summed E-state index contributed by atoms with van der Waals surface area (Å²) < 4.78 is 14.8. The largest absolute Gasteiger partial charge is 0.341 e. The van der Waals surface area contributed by atoms with Crippen LogP contribution < -0.4 is 10.5 Å². The highest BCUT2D eigenvalue weighted by Gasteiger charge is 2.31. The van der Waals surface area contributed by atoms with Crippen LogP contribution in [0.25, 0.3) is 10.8 Å². The monoisotopic (exact) mass is 470 g/mol. The summed E-state index contributed by atoms with van der Waals surface area (Å²) in [7, 11) is 1.98. The Morgan fingerprint density at radius 3 is 2.77 bits per heavy atom. The van der Waals surface area contributed by atoms with Gasteiger partial charge in [0.2, 0.25) is 5.95 Å². The molecule has 1 amide bonds. The first kappa shape index (κ1) is 21.4. The molecule has 0 radical (unpaired) electrons. The quantitative estimate of drug-likeness (QED) is 0.481. The molecule has 1 aliphatic heterocycles. The number of aromatic amines is 1. The summed E-state index contributed by atoms with van der Waals surface area (Å²) in [5, 5.41) is 7.99. The predicted molar refractivity (Wildman–Crippen MR) is 129 cm³/mol. The minimum atomic E-state index is -0.575. The number of rotatable bonds is 5. The zero-order valence-corrected chi connectivity index (χ0v) is 19.2. The first-order valence-corrected chi connectivity index (χ1v) is 11.6. The highest BCUT2D eigenvalue weighted by molar-refractivity contribution is 5.95. The number of benzene rings is 2. The number of nitrogens with zero attached hydrogens (tertiary/aromatic N) is 5. The molecule has 8 nitrogen and oxygen atoms in total. The minimum absolute atomic E-state index is 0.00678. The number of halogens is 1. The van der Waals surface area contributed by atoms with Gasteiger partial charge in [-0.25, -0.2) is 19.5 Å². The minimum Gasteiger partial charge on any atom is -0.341 e. The molecule has 1 N–H and O–H groups in total. The summed E-state index contributed by atoms with van der Waals surface area (Å²) in [6.45, 7) is 0.662. The van der Waals surface area contributed by atoms with Crippen molar-refractivity contribution in [1.82, 2.24) is 25.1 Å².